The Morgan fingerprint density at radius 2 is 1.80 bits per heavy atom. The van der Waals surface area contributed by atoms with Gasteiger partial charge in [-0.1, -0.05) is 56.3 Å². The molecule has 156 valence electrons. The van der Waals surface area contributed by atoms with Crippen LogP contribution < -0.4 is 10.2 Å². The van der Waals surface area contributed by atoms with Gasteiger partial charge in [-0.15, -0.1) is 0 Å². The number of para-hydroxylation sites is 1. The van der Waals surface area contributed by atoms with E-state index in [0.29, 0.717) is 37.9 Å². The zero-order chi connectivity index (χ0) is 20.9. The molecule has 30 heavy (non-hydrogen) atoms. The Balaban J connectivity index is 1.64. The van der Waals surface area contributed by atoms with Crippen LogP contribution in [0.4, 0.5) is 5.82 Å². The third-order valence-electron chi connectivity index (χ3n) is 5.37. The van der Waals surface area contributed by atoms with Gasteiger partial charge >= 0.3 is 0 Å². The van der Waals surface area contributed by atoms with Crippen molar-refractivity contribution in [1.82, 2.24) is 15.3 Å². The summed E-state index contributed by atoms with van der Waals surface area (Å²) in [4.78, 5) is 24.5. The van der Waals surface area contributed by atoms with Gasteiger partial charge in [-0.3, -0.25) is 4.79 Å². The second-order valence-corrected chi connectivity index (χ2v) is 8.55. The van der Waals surface area contributed by atoms with Gasteiger partial charge in [-0.2, -0.15) is 0 Å². The van der Waals surface area contributed by atoms with Gasteiger partial charge in [0.1, 0.15) is 11.6 Å². The minimum absolute atomic E-state index is 0.0857. The van der Waals surface area contributed by atoms with Crippen molar-refractivity contribution in [2.75, 3.05) is 18.0 Å². The number of aromatic nitrogens is 2. The molecule has 0 aliphatic heterocycles. The molecule has 0 spiro atoms. The lowest BCUT2D eigenvalue weighted by atomic mass is 10.1. The van der Waals surface area contributed by atoms with Crippen LogP contribution in [0.2, 0.25) is 0 Å². The second-order valence-electron chi connectivity index (χ2n) is 8.55. The molecular formula is C25H30N4O. The third-order valence-corrected chi connectivity index (χ3v) is 5.37. The number of hydrogen-bond donors (Lipinski definition) is 1. The summed E-state index contributed by atoms with van der Waals surface area (Å²) >= 11 is 0. The number of rotatable bonds is 9. The standard InChI is InChI=1S/C25H30N4O/c1-18(2)16-26-23(30)14-15-29(17-19-8-4-3-5-9-19)25-21-10-6-7-11-22(21)27-24(28-25)20-12-13-20/h3-11,18,20H,12-17H2,1-2H3,(H,26,30). The van der Waals surface area contributed by atoms with Crippen molar-refractivity contribution in [3.63, 3.8) is 0 Å². The van der Waals surface area contributed by atoms with E-state index in [-0.39, 0.29) is 5.91 Å². The minimum Gasteiger partial charge on any atom is -0.356 e. The number of amides is 1. The largest absolute Gasteiger partial charge is 0.356 e. The van der Waals surface area contributed by atoms with Crippen LogP contribution in [0.25, 0.3) is 10.9 Å². The van der Waals surface area contributed by atoms with Crippen LogP contribution in [-0.2, 0) is 11.3 Å². The number of fused-ring (bicyclic) bond motifs is 1. The first kappa shape index (κ1) is 20.3. The van der Waals surface area contributed by atoms with E-state index in [1.807, 2.05) is 18.2 Å². The number of hydrogen-bond acceptors (Lipinski definition) is 4. The summed E-state index contributed by atoms with van der Waals surface area (Å²) in [6, 6.07) is 18.6. The molecule has 0 bridgehead atoms. The van der Waals surface area contributed by atoms with Crippen molar-refractivity contribution in [1.29, 1.82) is 0 Å². The lowest BCUT2D eigenvalue weighted by Crippen LogP contribution is -2.33. The lowest BCUT2D eigenvalue weighted by molar-refractivity contribution is -0.121. The summed E-state index contributed by atoms with van der Waals surface area (Å²) in [5.41, 5.74) is 2.18. The molecule has 1 saturated carbocycles. The van der Waals surface area contributed by atoms with E-state index in [0.717, 1.165) is 35.4 Å². The van der Waals surface area contributed by atoms with Crippen molar-refractivity contribution < 1.29 is 4.79 Å². The van der Waals surface area contributed by atoms with Crippen molar-refractivity contribution >= 4 is 22.6 Å². The quantitative estimate of drug-likeness (QED) is 0.565. The molecule has 1 heterocycles. The molecule has 5 heteroatoms. The highest BCUT2D eigenvalue weighted by molar-refractivity contribution is 5.90. The molecule has 0 atom stereocenters. The Morgan fingerprint density at radius 3 is 2.53 bits per heavy atom. The van der Waals surface area contributed by atoms with E-state index in [1.165, 1.54) is 5.56 Å². The molecule has 4 rings (SSSR count). The molecule has 1 N–H and O–H groups in total. The third kappa shape index (κ3) is 5.15. The van der Waals surface area contributed by atoms with Gasteiger partial charge in [0, 0.05) is 37.4 Å². The molecule has 0 radical (unpaired) electrons. The van der Waals surface area contributed by atoms with Crippen molar-refractivity contribution in [3.05, 3.63) is 66.0 Å². The molecule has 2 aromatic carbocycles. The van der Waals surface area contributed by atoms with E-state index in [2.05, 4.69) is 60.5 Å². The first-order valence-corrected chi connectivity index (χ1v) is 10.9. The average molecular weight is 403 g/mol. The van der Waals surface area contributed by atoms with Gasteiger partial charge in [-0.05, 0) is 36.5 Å². The fraction of sp³-hybridized carbons (Fsp3) is 0.400. The van der Waals surface area contributed by atoms with Crippen LogP contribution in [-0.4, -0.2) is 29.0 Å². The maximum atomic E-state index is 12.4. The maximum absolute atomic E-state index is 12.4. The number of carbonyl (C=O) groups is 1. The highest BCUT2D eigenvalue weighted by atomic mass is 16.1. The van der Waals surface area contributed by atoms with Crippen LogP contribution >= 0.6 is 0 Å². The average Bonchev–Trinajstić information content (AvgIpc) is 3.60. The van der Waals surface area contributed by atoms with Crippen LogP contribution in [0.3, 0.4) is 0 Å². The molecule has 1 aliphatic rings. The number of nitrogens with one attached hydrogen (secondary N) is 1. The van der Waals surface area contributed by atoms with E-state index >= 15 is 0 Å². The molecule has 1 fully saturated rings. The smallest absolute Gasteiger partial charge is 0.221 e. The summed E-state index contributed by atoms with van der Waals surface area (Å²) in [6.07, 6.45) is 2.76. The molecule has 1 aromatic heterocycles. The van der Waals surface area contributed by atoms with Crippen LogP contribution in [0.15, 0.2) is 54.6 Å². The van der Waals surface area contributed by atoms with E-state index in [1.54, 1.807) is 0 Å². The molecule has 1 amide bonds. The van der Waals surface area contributed by atoms with Gasteiger partial charge in [-0.25, -0.2) is 9.97 Å². The maximum Gasteiger partial charge on any atom is 0.221 e. The normalized spacial score (nSPS) is 13.6. The summed E-state index contributed by atoms with van der Waals surface area (Å²) < 4.78 is 0. The number of benzene rings is 2. The molecular weight excluding hydrogens is 372 g/mol. The van der Waals surface area contributed by atoms with Crippen molar-refractivity contribution in [2.24, 2.45) is 5.92 Å². The van der Waals surface area contributed by atoms with Crippen molar-refractivity contribution in [3.8, 4) is 0 Å². The Morgan fingerprint density at radius 1 is 1.07 bits per heavy atom. The summed E-state index contributed by atoms with van der Waals surface area (Å²) in [5, 5.41) is 4.07. The molecule has 1 aliphatic carbocycles. The van der Waals surface area contributed by atoms with Gasteiger partial charge in [0.2, 0.25) is 5.91 Å². The Labute approximate surface area is 178 Å². The highest BCUT2D eigenvalue weighted by Crippen LogP contribution is 2.40. The Hall–Kier alpha value is -2.95. The zero-order valence-corrected chi connectivity index (χ0v) is 17.8. The van der Waals surface area contributed by atoms with Gasteiger partial charge in [0.15, 0.2) is 0 Å². The molecule has 3 aromatic rings. The molecule has 5 nitrogen and oxygen atoms in total. The molecule has 0 unspecified atom stereocenters. The van der Waals surface area contributed by atoms with Gasteiger partial charge in [0.05, 0.1) is 5.52 Å². The van der Waals surface area contributed by atoms with E-state index in [4.69, 9.17) is 9.97 Å². The van der Waals surface area contributed by atoms with Crippen LogP contribution in [0.5, 0.6) is 0 Å². The van der Waals surface area contributed by atoms with Crippen LogP contribution in [0, 0.1) is 5.92 Å². The number of nitrogens with zero attached hydrogens (tertiary/aromatic N) is 3. The minimum atomic E-state index is 0.0857. The predicted molar refractivity (Wildman–Crippen MR) is 121 cm³/mol. The Kier molecular flexibility index (Phi) is 6.26. The topological polar surface area (TPSA) is 58.1 Å². The predicted octanol–water partition coefficient (Wildman–Crippen LogP) is 4.68. The van der Waals surface area contributed by atoms with Crippen LogP contribution in [0.1, 0.15) is 50.4 Å². The van der Waals surface area contributed by atoms with Gasteiger partial charge in [0.25, 0.3) is 0 Å². The molecule has 0 saturated heterocycles. The highest BCUT2D eigenvalue weighted by Gasteiger charge is 2.28. The first-order chi connectivity index (χ1) is 14.6. The fourth-order valence-electron chi connectivity index (χ4n) is 3.55. The second kappa shape index (κ2) is 9.24. The van der Waals surface area contributed by atoms with Crippen molar-refractivity contribution in [2.45, 2.75) is 45.6 Å². The van der Waals surface area contributed by atoms with E-state index in [9.17, 15) is 4.79 Å². The summed E-state index contributed by atoms with van der Waals surface area (Å²) in [6.45, 7) is 6.25. The summed E-state index contributed by atoms with van der Waals surface area (Å²) in [5.74, 6) is 2.87. The monoisotopic (exact) mass is 402 g/mol. The lowest BCUT2D eigenvalue weighted by Gasteiger charge is -2.25. The van der Waals surface area contributed by atoms with Gasteiger partial charge < -0.3 is 10.2 Å². The zero-order valence-electron chi connectivity index (χ0n) is 17.8. The summed E-state index contributed by atoms with van der Waals surface area (Å²) in [7, 11) is 0. The Bertz CT molecular complexity index is 998. The first-order valence-electron chi connectivity index (χ1n) is 10.9. The van der Waals surface area contributed by atoms with E-state index < -0.39 is 0 Å². The number of carbonyl (C=O) groups excluding carboxylic acids is 1. The number of anilines is 1. The fourth-order valence-corrected chi connectivity index (χ4v) is 3.55. The SMILES string of the molecule is CC(C)CNC(=O)CCN(Cc1ccccc1)c1nc(C2CC2)nc2ccccc12.